The van der Waals surface area contributed by atoms with Crippen LogP contribution in [0.25, 0.3) is 10.2 Å². The van der Waals surface area contributed by atoms with Crippen molar-refractivity contribution in [1.29, 1.82) is 0 Å². The SMILES string of the molecule is CN1CCC(c2ccccc2)(c2cc(CCCNC(=O)c3ccc(CNC[C@H](O)c4ccc(O)c5[nH]c(=O)sc45)cc3)ccc2O)CC1.O=CO. The molecule has 7 N–H and O–H groups in total. The van der Waals surface area contributed by atoms with E-state index in [2.05, 4.69) is 57.9 Å². The second-order valence-corrected chi connectivity index (χ2v) is 13.8. The fraction of sp³-hybridized carbons (Fsp3) is 0.308. The van der Waals surface area contributed by atoms with Gasteiger partial charge in [-0.15, -0.1) is 0 Å². The Kier molecular flexibility index (Phi) is 12.6. The third-order valence-corrected chi connectivity index (χ3v) is 10.4. The molecule has 1 aliphatic rings. The van der Waals surface area contributed by atoms with Gasteiger partial charge in [0.25, 0.3) is 12.4 Å². The van der Waals surface area contributed by atoms with Crippen LogP contribution in [0.15, 0.2) is 89.7 Å². The van der Waals surface area contributed by atoms with Gasteiger partial charge in [-0.25, -0.2) is 0 Å². The number of aliphatic hydroxyl groups excluding tert-OH is 1. The minimum atomic E-state index is -0.864. The topological polar surface area (TPSA) is 175 Å². The zero-order valence-electron chi connectivity index (χ0n) is 28.5. The van der Waals surface area contributed by atoms with E-state index in [1.807, 2.05) is 30.3 Å². The zero-order valence-corrected chi connectivity index (χ0v) is 29.3. The number of fused-ring (bicyclic) bond motifs is 1. The molecule has 2 heterocycles. The number of aromatic nitrogens is 1. The Morgan fingerprint density at radius 1 is 0.980 bits per heavy atom. The van der Waals surface area contributed by atoms with Crippen molar-refractivity contribution in [1.82, 2.24) is 20.5 Å². The number of carbonyl (C=O) groups excluding carboxylic acids is 1. The van der Waals surface area contributed by atoms with Gasteiger partial charge in [-0.1, -0.05) is 72.0 Å². The molecule has 0 spiro atoms. The number of H-pyrrole nitrogens is 1. The molecule has 4 aromatic carbocycles. The molecule has 51 heavy (non-hydrogen) atoms. The largest absolute Gasteiger partial charge is 0.508 e. The number of nitrogens with one attached hydrogen (secondary N) is 3. The van der Waals surface area contributed by atoms with Gasteiger partial charge in [0.15, 0.2) is 0 Å². The number of rotatable bonds is 12. The van der Waals surface area contributed by atoms with Gasteiger partial charge in [0, 0.05) is 41.7 Å². The normalized spacial score (nSPS) is 14.7. The number of carboxylic acid groups (broad SMARTS) is 1. The Morgan fingerprint density at radius 3 is 2.35 bits per heavy atom. The van der Waals surface area contributed by atoms with E-state index >= 15 is 0 Å². The zero-order chi connectivity index (χ0) is 36.4. The highest BCUT2D eigenvalue weighted by Crippen LogP contribution is 2.45. The van der Waals surface area contributed by atoms with Gasteiger partial charge in [-0.05, 0) is 86.8 Å². The number of aromatic hydroxyl groups is 2. The summed E-state index contributed by atoms with van der Waals surface area (Å²) in [5, 5.41) is 44.9. The van der Waals surface area contributed by atoms with Crippen molar-refractivity contribution >= 4 is 33.9 Å². The lowest BCUT2D eigenvalue weighted by Crippen LogP contribution is -2.41. The third-order valence-electron chi connectivity index (χ3n) is 9.50. The first-order valence-corrected chi connectivity index (χ1v) is 17.7. The molecule has 1 saturated heterocycles. The molecule has 1 atom stereocenters. The fourth-order valence-corrected chi connectivity index (χ4v) is 7.65. The summed E-state index contributed by atoms with van der Waals surface area (Å²) < 4.78 is 0.543. The van der Waals surface area contributed by atoms with Crippen molar-refractivity contribution in [2.75, 3.05) is 33.2 Å². The lowest BCUT2D eigenvalue weighted by atomic mass is 9.67. The van der Waals surface area contributed by atoms with Crippen LogP contribution >= 0.6 is 11.3 Å². The van der Waals surface area contributed by atoms with E-state index in [1.165, 1.54) is 11.6 Å². The maximum atomic E-state index is 12.9. The van der Waals surface area contributed by atoms with E-state index in [1.54, 1.807) is 18.2 Å². The summed E-state index contributed by atoms with van der Waals surface area (Å²) >= 11 is 0.959. The van der Waals surface area contributed by atoms with Crippen LogP contribution in [0.2, 0.25) is 0 Å². The van der Waals surface area contributed by atoms with Crippen LogP contribution in [0.5, 0.6) is 11.5 Å². The molecule has 12 heteroatoms. The smallest absolute Gasteiger partial charge is 0.305 e. The number of phenolic OH excluding ortho intramolecular Hbond substituents is 2. The quantitative estimate of drug-likeness (QED) is 0.0701. The Morgan fingerprint density at radius 2 is 1.65 bits per heavy atom. The van der Waals surface area contributed by atoms with Crippen LogP contribution in [0, 0.1) is 0 Å². The van der Waals surface area contributed by atoms with Crippen LogP contribution in [0.1, 0.15) is 63.5 Å². The van der Waals surface area contributed by atoms with E-state index in [-0.39, 0.29) is 35.0 Å². The number of thiazole rings is 1. The molecule has 1 aliphatic heterocycles. The van der Waals surface area contributed by atoms with E-state index in [4.69, 9.17) is 9.90 Å². The van der Waals surface area contributed by atoms with Crippen molar-refractivity contribution in [2.45, 2.75) is 43.7 Å². The number of hydrogen-bond donors (Lipinski definition) is 7. The van der Waals surface area contributed by atoms with E-state index in [0.717, 1.165) is 66.8 Å². The summed E-state index contributed by atoms with van der Waals surface area (Å²) in [6.07, 6.45) is 2.58. The molecule has 0 unspecified atom stereocenters. The molecule has 1 aromatic heterocycles. The summed E-state index contributed by atoms with van der Waals surface area (Å²) in [7, 11) is 2.15. The first kappa shape index (κ1) is 37.3. The molecule has 0 saturated carbocycles. The van der Waals surface area contributed by atoms with Crippen molar-refractivity contribution in [3.63, 3.8) is 0 Å². The number of nitrogens with zero attached hydrogens (tertiary/aromatic N) is 1. The lowest BCUT2D eigenvalue weighted by Gasteiger charge is -2.42. The van der Waals surface area contributed by atoms with Crippen LogP contribution < -0.4 is 15.5 Å². The summed E-state index contributed by atoms with van der Waals surface area (Å²) in [4.78, 5) is 37.6. The molecule has 6 rings (SSSR count). The summed E-state index contributed by atoms with van der Waals surface area (Å²) in [5.74, 6) is 0.181. The Balaban J connectivity index is 0.00000162. The number of aliphatic hydroxyl groups is 1. The molecule has 1 fully saturated rings. The van der Waals surface area contributed by atoms with Gasteiger partial charge in [0.1, 0.15) is 17.0 Å². The number of aryl methyl sites for hydroxylation is 1. The van der Waals surface area contributed by atoms with E-state index in [9.17, 15) is 24.9 Å². The molecular formula is C39H44N4O7S. The monoisotopic (exact) mass is 712 g/mol. The molecule has 268 valence electrons. The maximum Gasteiger partial charge on any atom is 0.305 e. The summed E-state index contributed by atoms with van der Waals surface area (Å²) in [6, 6.07) is 26.9. The number of phenols is 2. The van der Waals surface area contributed by atoms with Crippen LogP contribution in [0.3, 0.4) is 0 Å². The van der Waals surface area contributed by atoms with Gasteiger partial charge in [0.05, 0.1) is 10.8 Å². The Bertz CT molecular complexity index is 1970. The first-order valence-electron chi connectivity index (χ1n) is 16.9. The second-order valence-electron chi connectivity index (χ2n) is 12.8. The van der Waals surface area contributed by atoms with Crippen molar-refractivity contribution in [2.24, 2.45) is 0 Å². The maximum absolute atomic E-state index is 12.9. The van der Waals surface area contributed by atoms with Gasteiger partial charge < -0.3 is 40.9 Å². The summed E-state index contributed by atoms with van der Waals surface area (Å²) in [5.41, 5.74) is 5.60. The predicted molar refractivity (Wildman–Crippen MR) is 199 cm³/mol. The molecule has 5 aromatic rings. The van der Waals surface area contributed by atoms with Crippen LogP contribution in [-0.4, -0.2) is 75.9 Å². The number of hydrogen-bond acceptors (Lipinski definition) is 9. The third kappa shape index (κ3) is 9.02. The average molecular weight is 713 g/mol. The lowest BCUT2D eigenvalue weighted by molar-refractivity contribution is -0.122. The molecule has 1 amide bonds. The molecule has 11 nitrogen and oxygen atoms in total. The molecular weight excluding hydrogens is 669 g/mol. The van der Waals surface area contributed by atoms with Gasteiger partial charge in [0.2, 0.25) is 0 Å². The van der Waals surface area contributed by atoms with Crippen molar-refractivity contribution in [3.8, 4) is 11.5 Å². The molecule has 0 aliphatic carbocycles. The average Bonchev–Trinajstić information content (AvgIpc) is 3.54. The van der Waals surface area contributed by atoms with Gasteiger partial charge in [-0.2, -0.15) is 0 Å². The van der Waals surface area contributed by atoms with E-state index in [0.29, 0.717) is 40.2 Å². The number of amides is 1. The molecule has 0 radical (unpaired) electrons. The van der Waals surface area contributed by atoms with Gasteiger partial charge >= 0.3 is 4.87 Å². The Hall–Kier alpha value is -5.01. The molecule has 0 bridgehead atoms. The second kappa shape index (κ2) is 17.3. The van der Waals surface area contributed by atoms with Gasteiger partial charge in [-0.3, -0.25) is 14.4 Å². The number of benzene rings is 4. The minimum absolute atomic E-state index is 0.0253. The highest BCUT2D eigenvalue weighted by molar-refractivity contribution is 7.16. The number of piperidine rings is 1. The number of carbonyl (C=O) groups is 2. The Labute approximate surface area is 300 Å². The fourth-order valence-electron chi connectivity index (χ4n) is 6.73. The van der Waals surface area contributed by atoms with Crippen molar-refractivity contribution < 1.29 is 30.0 Å². The highest BCUT2D eigenvalue weighted by atomic mass is 32.1. The summed E-state index contributed by atoms with van der Waals surface area (Å²) in [6.45, 7) is 2.96. The van der Waals surface area contributed by atoms with Crippen LogP contribution in [0.4, 0.5) is 0 Å². The van der Waals surface area contributed by atoms with Crippen molar-refractivity contribution in [3.05, 3.63) is 128 Å². The van der Waals surface area contributed by atoms with Crippen LogP contribution in [-0.2, 0) is 23.2 Å². The predicted octanol–water partition coefficient (Wildman–Crippen LogP) is 4.90. The first-order chi connectivity index (χ1) is 24.6. The van der Waals surface area contributed by atoms with E-state index < -0.39 is 6.10 Å². The minimum Gasteiger partial charge on any atom is -0.508 e. The number of aromatic amines is 1. The number of likely N-dealkylation sites (tertiary alicyclic amines) is 1. The standard InChI is InChI=1S/C38H42N4O5S.CH2O2/c1-42-20-17-38(18-21-42,28-7-3-2-4-8-28)30-22-25(11-15-31(30)43)6-5-19-40-36(46)27-12-9-26(10-13-27)23-39-24-33(45)29-14-16-32(44)34-35(29)48-37(47)41-34;2-1-3/h2-4,7-16,22,33,39,43-45H,5-6,17-21,23-24H2,1H3,(H,40,46)(H,41,47);1H,(H,2,3)/t33-;/m0./s1. The highest BCUT2D eigenvalue weighted by Gasteiger charge is 2.39.